The summed E-state index contributed by atoms with van der Waals surface area (Å²) in [7, 11) is -3.22. The van der Waals surface area contributed by atoms with Crippen molar-refractivity contribution in [1.29, 1.82) is 0 Å². The van der Waals surface area contributed by atoms with Gasteiger partial charge in [0.1, 0.15) is 0 Å². The standard InChI is InChI=1S/C14H14N2O3S/c1-2-20(18,19)13-5-3-12(4-6-13)16-14(17)11-7-9-15-10-8-11/h3-10H,2H2,1H3,(H,16,17). The van der Waals surface area contributed by atoms with Crippen molar-refractivity contribution in [1.82, 2.24) is 4.98 Å². The van der Waals surface area contributed by atoms with Crippen molar-refractivity contribution in [2.45, 2.75) is 11.8 Å². The molecule has 0 aliphatic carbocycles. The van der Waals surface area contributed by atoms with Gasteiger partial charge in [-0.2, -0.15) is 0 Å². The Hall–Kier alpha value is -2.21. The van der Waals surface area contributed by atoms with E-state index < -0.39 is 9.84 Å². The SMILES string of the molecule is CCS(=O)(=O)c1ccc(NC(=O)c2ccncc2)cc1. The summed E-state index contributed by atoms with van der Waals surface area (Å²) in [6, 6.07) is 9.32. The minimum Gasteiger partial charge on any atom is -0.322 e. The monoisotopic (exact) mass is 290 g/mol. The van der Waals surface area contributed by atoms with Crippen molar-refractivity contribution in [2.75, 3.05) is 11.1 Å². The summed E-state index contributed by atoms with van der Waals surface area (Å²) in [6.07, 6.45) is 3.07. The average Bonchev–Trinajstić information content (AvgIpc) is 2.48. The fourth-order valence-electron chi connectivity index (χ4n) is 1.62. The number of pyridine rings is 1. The van der Waals surface area contributed by atoms with Crippen LogP contribution < -0.4 is 5.32 Å². The smallest absolute Gasteiger partial charge is 0.255 e. The summed E-state index contributed by atoms with van der Waals surface area (Å²) >= 11 is 0. The third-order valence-corrected chi connectivity index (χ3v) is 4.54. The number of anilines is 1. The van der Waals surface area contributed by atoms with Gasteiger partial charge in [-0.25, -0.2) is 8.42 Å². The molecule has 20 heavy (non-hydrogen) atoms. The normalized spacial score (nSPS) is 11.1. The first-order valence-corrected chi connectivity index (χ1v) is 7.72. The minimum atomic E-state index is -3.22. The van der Waals surface area contributed by atoms with Crippen LogP contribution in [0, 0.1) is 0 Å². The highest BCUT2D eigenvalue weighted by molar-refractivity contribution is 7.91. The molecule has 0 radical (unpaired) electrons. The zero-order chi connectivity index (χ0) is 14.6. The maximum absolute atomic E-state index is 11.9. The van der Waals surface area contributed by atoms with Crippen LogP contribution in [0.3, 0.4) is 0 Å². The molecule has 0 bridgehead atoms. The Kier molecular flexibility index (Phi) is 4.14. The number of aromatic nitrogens is 1. The summed E-state index contributed by atoms with van der Waals surface area (Å²) in [5.74, 6) is -0.214. The number of nitrogens with one attached hydrogen (secondary N) is 1. The van der Waals surface area contributed by atoms with Crippen LogP contribution in [0.25, 0.3) is 0 Å². The van der Waals surface area contributed by atoms with Crippen LogP contribution in [-0.2, 0) is 9.84 Å². The van der Waals surface area contributed by atoms with E-state index in [-0.39, 0.29) is 16.6 Å². The largest absolute Gasteiger partial charge is 0.322 e. The second kappa shape index (κ2) is 5.83. The van der Waals surface area contributed by atoms with Crippen molar-refractivity contribution < 1.29 is 13.2 Å². The summed E-state index contributed by atoms with van der Waals surface area (Å²) in [6.45, 7) is 1.59. The van der Waals surface area contributed by atoms with Gasteiger partial charge in [0.25, 0.3) is 5.91 Å². The van der Waals surface area contributed by atoms with E-state index >= 15 is 0 Å². The quantitative estimate of drug-likeness (QED) is 0.935. The fraction of sp³-hybridized carbons (Fsp3) is 0.143. The molecule has 2 aromatic rings. The number of hydrogen-bond acceptors (Lipinski definition) is 4. The number of sulfone groups is 1. The van der Waals surface area contributed by atoms with Crippen LogP contribution in [0.4, 0.5) is 5.69 Å². The predicted octanol–water partition coefficient (Wildman–Crippen LogP) is 2.13. The number of benzene rings is 1. The Bertz CT molecular complexity index is 695. The zero-order valence-corrected chi connectivity index (χ0v) is 11.7. The van der Waals surface area contributed by atoms with Crippen LogP contribution in [-0.4, -0.2) is 25.1 Å². The van der Waals surface area contributed by atoms with E-state index in [9.17, 15) is 13.2 Å². The Morgan fingerprint density at radius 3 is 2.25 bits per heavy atom. The van der Waals surface area contributed by atoms with E-state index in [1.165, 1.54) is 24.5 Å². The van der Waals surface area contributed by atoms with Gasteiger partial charge in [-0.15, -0.1) is 0 Å². The molecule has 0 saturated heterocycles. The van der Waals surface area contributed by atoms with Gasteiger partial charge in [-0.3, -0.25) is 9.78 Å². The number of hydrogen-bond donors (Lipinski definition) is 1. The molecule has 1 heterocycles. The minimum absolute atomic E-state index is 0.0513. The molecule has 0 aliphatic heterocycles. The Balaban J connectivity index is 2.14. The lowest BCUT2D eigenvalue weighted by Gasteiger charge is -2.06. The van der Waals surface area contributed by atoms with Crippen LogP contribution in [0.15, 0.2) is 53.7 Å². The van der Waals surface area contributed by atoms with Crippen LogP contribution >= 0.6 is 0 Å². The van der Waals surface area contributed by atoms with E-state index in [0.717, 1.165) is 0 Å². The van der Waals surface area contributed by atoms with Crippen LogP contribution in [0.5, 0.6) is 0 Å². The number of carbonyl (C=O) groups excluding carboxylic acids is 1. The lowest BCUT2D eigenvalue weighted by molar-refractivity contribution is 0.102. The summed E-state index contributed by atoms with van der Waals surface area (Å²) in [5.41, 5.74) is 1.03. The molecule has 1 aromatic carbocycles. The second-order valence-corrected chi connectivity index (χ2v) is 6.40. The van der Waals surface area contributed by atoms with E-state index in [4.69, 9.17) is 0 Å². The first kappa shape index (κ1) is 14.2. The van der Waals surface area contributed by atoms with E-state index in [1.807, 2.05) is 0 Å². The van der Waals surface area contributed by atoms with Gasteiger partial charge in [0.15, 0.2) is 9.84 Å². The Morgan fingerprint density at radius 1 is 1.10 bits per heavy atom. The van der Waals surface area contributed by atoms with Gasteiger partial charge in [0.2, 0.25) is 0 Å². The molecule has 0 aliphatic rings. The van der Waals surface area contributed by atoms with Gasteiger partial charge in [0.05, 0.1) is 10.6 Å². The van der Waals surface area contributed by atoms with Gasteiger partial charge < -0.3 is 5.32 Å². The molecule has 1 amide bonds. The average molecular weight is 290 g/mol. The Labute approximate surface area is 117 Å². The Morgan fingerprint density at radius 2 is 1.70 bits per heavy atom. The first-order valence-electron chi connectivity index (χ1n) is 6.07. The molecule has 104 valence electrons. The third kappa shape index (κ3) is 3.21. The highest BCUT2D eigenvalue weighted by Crippen LogP contribution is 2.16. The maximum atomic E-state index is 11.9. The number of nitrogens with zero attached hydrogens (tertiary/aromatic N) is 1. The summed E-state index contributed by atoms with van der Waals surface area (Å²) in [4.78, 5) is 16.0. The van der Waals surface area contributed by atoms with Crippen molar-refractivity contribution >= 4 is 21.4 Å². The van der Waals surface area contributed by atoms with Gasteiger partial charge in [0, 0.05) is 23.6 Å². The van der Waals surface area contributed by atoms with Crippen LogP contribution in [0.2, 0.25) is 0 Å². The fourth-order valence-corrected chi connectivity index (χ4v) is 2.50. The number of rotatable bonds is 4. The predicted molar refractivity (Wildman–Crippen MR) is 76.4 cm³/mol. The lowest BCUT2D eigenvalue weighted by atomic mass is 10.2. The molecule has 2 rings (SSSR count). The second-order valence-electron chi connectivity index (χ2n) is 4.12. The zero-order valence-electron chi connectivity index (χ0n) is 10.9. The van der Waals surface area contributed by atoms with Crippen molar-refractivity contribution in [3.05, 3.63) is 54.4 Å². The molecular weight excluding hydrogens is 276 g/mol. The molecule has 5 nitrogen and oxygen atoms in total. The molecule has 0 atom stereocenters. The van der Waals surface area contributed by atoms with Crippen molar-refractivity contribution in [3.63, 3.8) is 0 Å². The van der Waals surface area contributed by atoms with E-state index in [0.29, 0.717) is 11.3 Å². The highest BCUT2D eigenvalue weighted by Gasteiger charge is 2.11. The number of amides is 1. The lowest BCUT2D eigenvalue weighted by Crippen LogP contribution is -2.12. The van der Waals surface area contributed by atoms with Crippen molar-refractivity contribution in [3.8, 4) is 0 Å². The van der Waals surface area contributed by atoms with Gasteiger partial charge in [-0.05, 0) is 36.4 Å². The third-order valence-electron chi connectivity index (χ3n) is 2.79. The molecule has 0 unspecified atom stereocenters. The van der Waals surface area contributed by atoms with Crippen molar-refractivity contribution in [2.24, 2.45) is 0 Å². The molecule has 0 spiro atoms. The molecule has 0 fully saturated rings. The topological polar surface area (TPSA) is 76.1 Å². The molecule has 1 N–H and O–H groups in total. The summed E-state index contributed by atoms with van der Waals surface area (Å²) in [5, 5.41) is 2.69. The van der Waals surface area contributed by atoms with Crippen LogP contribution in [0.1, 0.15) is 17.3 Å². The molecule has 6 heteroatoms. The number of carbonyl (C=O) groups is 1. The molecular formula is C14H14N2O3S. The highest BCUT2D eigenvalue weighted by atomic mass is 32.2. The maximum Gasteiger partial charge on any atom is 0.255 e. The van der Waals surface area contributed by atoms with E-state index in [2.05, 4.69) is 10.3 Å². The first-order chi connectivity index (χ1) is 9.53. The van der Waals surface area contributed by atoms with Gasteiger partial charge in [-0.1, -0.05) is 6.92 Å². The molecule has 1 aromatic heterocycles. The van der Waals surface area contributed by atoms with E-state index in [1.54, 1.807) is 31.2 Å². The van der Waals surface area contributed by atoms with Gasteiger partial charge >= 0.3 is 0 Å². The molecule has 0 saturated carbocycles. The summed E-state index contributed by atoms with van der Waals surface area (Å²) < 4.78 is 23.3.